The molecule has 0 spiro atoms. The van der Waals surface area contributed by atoms with Crippen molar-refractivity contribution in [2.24, 2.45) is 23.2 Å². The zero-order valence-corrected chi connectivity index (χ0v) is 12.8. The van der Waals surface area contributed by atoms with E-state index in [4.69, 9.17) is 12.2 Å². The highest BCUT2D eigenvalue weighted by molar-refractivity contribution is 7.80. The summed E-state index contributed by atoms with van der Waals surface area (Å²) in [4.78, 5) is 12.2. The van der Waals surface area contributed by atoms with Crippen molar-refractivity contribution in [2.45, 2.75) is 44.9 Å². The summed E-state index contributed by atoms with van der Waals surface area (Å²) in [5.74, 6) is 2.76. The van der Waals surface area contributed by atoms with Gasteiger partial charge in [0.15, 0.2) is 5.11 Å². The van der Waals surface area contributed by atoms with Crippen LogP contribution in [0.5, 0.6) is 0 Å². The zero-order valence-electron chi connectivity index (χ0n) is 12.0. The Morgan fingerprint density at radius 3 is 2.25 bits per heavy atom. The van der Waals surface area contributed by atoms with Crippen molar-refractivity contribution in [3.05, 3.63) is 12.7 Å². The Morgan fingerprint density at radius 2 is 1.75 bits per heavy atom. The van der Waals surface area contributed by atoms with Gasteiger partial charge < -0.3 is 10.6 Å². The molecule has 4 bridgehead atoms. The van der Waals surface area contributed by atoms with Gasteiger partial charge in [0.05, 0.1) is 0 Å². The van der Waals surface area contributed by atoms with E-state index in [2.05, 4.69) is 17.2 Å². The average Bonchev–Trinajstić information content (AvgIpc) is 2.33. The SMILES string of the molecule is C=CCNC(=S)NC(=O)CC12CC3CC(CC(C3)C1)C2. The Balaban J connectivity index is 1.56. The van der Waals surface area contributed by atoms with E-state index in [-0.39, 0.29) is 11.3 Å². The van der Waals surface area contributed by atoms with Gasteiger partial charge in [-0.25, -0.2) is 0 Å². The highest BCUT2D eigenvalue weighted by Crippen LogP contribution is 2.61. The van der Waals surface area contributed by atoms with Crippen LogP contribution in [0.4, 0.5) is 0 Å². The minimum Gasteiger partial charge on any atom is -0.359 e. The van der Waals surface area contributed by atoms with Crippen LogP contribution in [0.1, 0.15) is 44.9 Å². The van der Waals surface area contributed by atoms with Gasteiger partial charge in [0, 0.05) is 13.0 Å². The van der Waals surface area contributed by atoms with Crippen molar-refractivity contribution >= 4 is 23.2 Å². The summed E-state index contributed by atoms with van der Waals surface area (Å²) in [7, 11) is 0. The number of rotatable bonds is 4. The zero-order chi connectivity index (χ0) is 14.2. The van der Waals surface area contributed by atoms with Gasteiger partial charge in [-0.15, -0.1) is 6.58 Å². The second-order valence-corrected chi connectivity index (χ2v) is 7.55. The first-order valence-electron chi connectivity index (χ1n) is 7.77. The van der Waals surface area contributed by atoms with Crippen LogP contribution in [0.3, 0.4) is 0 Å². The predicted octanol–water partition coefficient (Wildman–Crippen LogP) is 2.77. The van der Waals surface area contributed by atoms with Gasteiger partial charge >= 0.3 is 0 Å². The quantitative estimate of drug-likeness (QED) is 0.618. The van der Waals surface area contributed by atoms with Gasteiger partial charge in [0.2, 0.25) is 5.91 Å². The third kappa shape index (κ3) is 2.90. The summed E-state index contributed by atoms with van der Waals surface area (Å²) >= 11 is 5.11. The Morgan fingerprint density at radius 1 is 1.20 bits per heavy atom. The van der Waals surface area contributed by atoms with E-state index in [1.54, 1.807) is 6.08 Å². The van der Waals surface area contributed by atoms with Gasteiger partial charge in [-0.1, -0.05) is 6.08 Å². The molecule has 4 saturated carbocycles. The maximum absolute atomic E-state index is 12.2. The van der Waals surface area contributed by atoms with E-state index in [1.165, 1.54) is 38.5 Å². The molecule has 110 valence electrons. The predicted molar refractivity (Wildman–Crippen MR) is 84.2 cm³/mol. The topological polar surface area (TPSA) is 41.1 Å². The van der Waals surface area contributed by atoms with Crippen molar-refractivity contribution in [3.8, 4) is 0 Å². The molecule has 0 aromatic carbocycles. The number of thiocarbonyl (C=S) groups is 1. The molecule has 0 aliphatic heterocycles. The smallest absolute Gasteiger partial charge is 0.226 e. The lowest BCUT2D eigenvalue weighted by Gasteiger charge is -2.56. The summed E-state index contributed by atoms with van der Waals surface area (Å²) in [5, 5.41) is 6.21. The van der Waals surface area contributed by atoms with Crippen molar-refractivity contribution < 1.29 is 4.79 Å². The molecule has 0 aromatic heterocycles. The molecule has 1 amide bonds. The van der Waals surface area contributed by atoms with Crippen molar-refractivity contribution in [3.63, 3.8) is 0 Å². The molecule has 0 saturated heterocycles. The summed E-state index contributed by atoms with van der Waals surface area (Å²) < 4.78 is 0. The second-order valence-electron chi connectivity index (χ2n) is 7.14. The van der Waals surface area contributed by atoms with Crippen LogP contribution in [0, 0.1) is 23.2 Å². The lowest BCUT2D eigenvalue weighted by Crippen LogP contribution is -2.49. The van der Waals surface area contributed by atoms with Crippen molar-refractivity contribution in [2.75, 3.05) is 6.54 Å². The van der Waals surface area contributed by atoms with Crippen molar-refractivity contribution in [1.82, 2.24) is 10.6 Å². The minimum absolute atomic E-state index is 0.0912. The van der Waals surface area contributed by atoms with Crippen LogP contribution in [0.25, 0.3) is 0 Å². The lowest BCUT2D eigenvalue weighted by molar-refractivity contribution is -0.128. The maximum atomic E-state index is 12.2. The van der Waals surface area contributed by atoms with Gasteiger partial charge in [-0.2, -0.15) is 0 Å². The van der Waals surface area contributed by atoms with Crippen LogP contribution < -0.4 is 10.6 Å². The van der Waals surface area contributed by atoms with Crippen molar-refractivity contribution in [1.29, 1.82) is 0 Å². The molecule has 4 aliphatic rings. The second kappa shape index (κ2) is 5.47. The molecule has 3 nitrogen and oxygen atoms in total. The Bertz CT molecular complexity index is 397. The van der Waals surface area contributed by atoms with E-state index >= 15 is 0 Å². The van der Waals surface area contributed by atoms with Crippen LogP contribution in [-0.4, -0.2) is 17.6 Å². The fourth-order valence-electron chi connectivity index (χ4n) is 5.23. The molecule has 0 aromatic rings. The van der Waals surface area contributed by atoms with Crippen LogP contribution in [-0.2, 0) is 4.79 Å². The van der Waals surface area contributed by atoms with E-state index in [0.29, 0.717) is 18.1 Å². The molecular formula is C16H24N2OS. The summed E-state index contributed by atoms with van der Waals surface area (Å²) in [6.45, 7) is 4.22. The summed E-state index contributed by atoms with van der Waals surface area (Å²) in [6, 6.07) is 0. The third-order valence-corrected chi connectivity index (χ3v) is 5.61. The molecule has 4 aliphatic carbocycles. The number of amides is 1. The largest absolute Gasteiger partial charge is 0.359 e. The van der Waals surface area contributed by atoms with Gasteiger partial charge in [0.1, 0.15) is 0 Å². The van der Waals surface area contributed by atoms with E-state index in [9.17, 15) is 4.79 Å². The average molecular weight is 292 g/mol. The van der Waals surface area contributed by atoms with E-state index in [1.807, 2.05) is 0 Å². The standard InChI is InChI=1S/C16H24N2OS/c1-2-3-17-15(20)18-14(19)10-16-7-11-4-12(8-16)6-13(5-11)9-16/h2,11-13H,1,3-10H2,(H2,17,18,19,20). The molecule has 0 heterocycles. The van der Waals surface area contributed by atoms with Crippen LogP contribution in [0.2, 0.25) is 0 Å². The fraction of sp³-hybridized carbons (Fsp3) is 0.750. The maximum Gasteiger partial charge on any atom is 0.226 e. The molecule has 20 heavy (non-hydrogen) atoms. The number of hydrogen-bond acceptors (Lipinski definition) is 2. The molecular weight excluding hydrogens is 268 g/mol. The highest BCUT2D eigenvalue weighted by Gasteiger charge is 2.51. The Hall–Kier alpha value is -0.900. The van der Waals surface area contributed by atoms with Crippen LogP contribution in [0.15, 0.2) is 12.7 Å². The van der Waals surface area contributed by atoms with Gasteiger partial charge in [-0.05, 0) is 73.9 Å². The number of hydrogen-bond donors (Lipinski definition) is 2. The van der Waals surface area contributed by atoms with E-state index < -0.39 is 0 Å². The molecule has 0 unspecified atom stereocenters. The summed E-state index contributed by atoms with van der Waals surface area (Å²) in [6.07, 6.45) is 10.4. The number of carbonyl (C=O) groups is 1. The van der Waals surface area contributed by atoms with Crippen LogP contribution >= 0.6 is 12.2 Å². The number of carbonyl (C=O) groups excluding carboxylic acids is 1. The summed E-state index contributed by atoms with van der Waals surface area (Å²) in [5.41, 5.74) is 0.285. The molecule has 4 heteroatoms. The van der Waals surface area contributed by atoms with Gasteiger partial charge in [-0.3, -0.25) is 4.79 Å². The normalized spacial score (nSPS) is 37.5. The van der Waals surface area contributed by atoms with E-state index in [0.717, 1.165) is 17.8 Å². The first-order chi connectivity index (χ1) is 9.58. The molecule has 0 atom stereocenters. The first kappa shape index (κ1) is 14.1. The molecule has 4 fully saturated rings. The first-order valence-corrected chi connectivity index (χ1v) is 8.18. The minimum atomic E-state index is 0.0912. The van der Waals surface area contributed by atoms with Gasteiger partial charge in [0.25, 0.3) is 0 Å². The number of nitrogens with one attached hydrogen (secondary N) is 2. The molecule has 2 N–H and O–H groups in total. The Labute approximate surface area is 126 Å². The Kier molecular flexibility index (Phi) is 3.85. The molecule has 4 rings (SSSR count). The highest BCUT2D eigenvalue weighted by atomic mass is 32.1. The lowest BCUT2D eigenvalue weighted by atomic mass is 9.49. The monoisotopic (exact) mass is 292 g/mol. The fourth-order valence-corrected chi connectivity index (χ4v) is 5.42. The third-order valence-electron chi connectivity index (χ3n) is 5.36. The molecule has 0 radical (unpaired) electrons.